The third kappa shape index (κ3) is 9.42. The first-order valence-corrected chi connectivity index (χ1v) is 9.01. The van der Waals surface area contributed by atoms with Crippen LogP contribution in [0.1, 0.15) is 26.6 Å². The SMILES string of the molecule is CC(=O)O.COCCn1cnnc1CCNC(=O)[C@@H](N)C(C)(C)SC. The lowest BCUT2D eigenvalue weighted by Gasteiger charge is -2.28. The van der Waals surface area contributed by atoms with Gasteiger partial charge in [-0.2, -0.15) is 11.8 Å². The topological polar surface area (TPSA) is 132 Å². The highest BCUT2D eigenvalue weighted by Gasteiger charge is 2.30. The zero-order valence-electron chi connectivity index (χ0n) is 15.5. The predicted octanol–water partition coefficient (Wildman–Crippen LogP) is 0.143. The van der Waals surface area contributed by atoms with Crippen LogP contribution in [0, 0.1) is 0 Å². The summed E-state index contributed by atoms with van der Waals surface area (Å²) in [5.41, 5.74) is 5.98. The summed E-state index contributed by atoms with van der Waals surface area (Å²) in [5.74, 6) is -0.151. The number of amides is 1. The Bertz CT molecular complexity index is 532. The Labute approximate surface area is 152 Å². The summed E-state index contributed by atoms with van der Waals surface area (Å²) in [6, 6.07) is -0.543. The van der Waals surface area contributed by atoms with E-state index in [2.05, 4.69) is 15.5 Å². The van der Waals surface area contributed by atoms with E-state index in [4.69, 9.17) is 20.4 Å². The molecule has 1 heterocycles. The van der Waals surface area contributed by atoms with E-state index in [1.54, 1.807) is 25.2 Å². The van der Waals surface area contributed by atoms with Crippen molar-refractivity contribution in [2.24, 2.45) is 5.73 Å². The highest BCUT2D eigenvalue weighted by molar-refractivity contribution is 8.00. The molecule has 0 bridgehead atoms. The van der Waals surface area contributed by atoms with Gasteiger partial charge in [-0.05, 0) is 20.1 Å². The number of nitrogens with one attached hydrogen (secondary N) is 1. The van der Waals surface area contributed by atoms with Crippen LogP contribution in [0.25, 0.3) is 0 Å². The number of hydrogen-bond acceptors (Lipinski definition) is 7. The first kappa shape index (κ1) is 23.4. The van der Waals surface area contributed by atoms with Crippen LogP contribution in [0.3, 0.4) is 0 Å². The molecule has 0 saturated heterocycles. The maximum Gasteiger partial charge on any atom is 0.300 e. The molecule has 0 fully saturated rings. The van der Waals surface area contributed by atoms with Gasteiger partial charge in [-0.3, -0.25) is 9.59 Å². The van der Waals surface area contributed by atoms with Gasteiger partial charge < -0.3 is 25.5 Å². The monoisotopic (exact) mass is 375 g/mol. The molecule has 0 radical (unpaired) electrons. The van der Waals surface area contributed by atoms with Crippen molar-refractivity contribution in [2.45, 2.75) is 44.5 Å². The minimum atomic E-state index is -0.833. The van der Waals surface area contributed by atoms with Crippen LogP contribution in [0.2, 0.25) is 0 Å². The lowest BCUT2D eigenvalue weighted by atomic mass is 10.0. The number of methoxy groups -OCH3 is 1. The molecule has 1 aromatic rings. The van der Waals surface area contributed by atoms with E-state index in [0.717, 1.165) is 12.7 Å². The first-order valence-electron chi connectivity index (χ1n) is 7.79. The number of aliphatic carboxylic acids is 1. The number of carbonyl (C=O) groups excluding carboxylic acids is 1. The number of carboxylic acids is 1. The van der Waals surface area contributed by atoms with E-state index in [-0.39, 0.29) is 10.7 Å². The van der Waals surface area contributed by atoms with Crippen molar-refractivity contribution in [3.63, 3.8) is 0 Å². The van der Waals surface area contributed by atoms with Gasteiger partial charge in [0.15, 0.2) is 0 Å². The largest absolute Gasteiger partial charge is 0.481 e. The Kier molecular flexibility index (Phi) is 11.0. The summed E-state index contributed by atoms with van der Waals surface area (Å²) in [4.78, 5) is 21.0. The fourth-order valence-corrected chi connectivity index (χ4v) is 2.06. The molecule has 0 unspecified atom stereocenters. The summed E-state index contributed by atoms with van der Waals surface area (Å²) >= 11 is 1.58. The number of thioether (sulfide) groups is 1. The van der Waals surface area contributed by atoms with Crippen molar-refractivity contribution in [1.82, 2.24) is 20.1 Å². The van der Waals surface area contributed by atoms with Crippen LogP contribution >= 0.6 is 11.8 Å². The quantitative estimate of drug-likeness (QED) is 0.555. The van der Waals surface area contributed by atoms with Gasteiger partial charge in [-0.25, -0.2) is 0 Å². The molecule has 1 amide bonds. The minimum absolute atomic E-state index is 0.141. The van der Waals surface area contributed by atoms with Crippen molar-refractivity contribution < 1.29 is 19.4 Å². The number of hydrogen-bond donors (Lipinski definition) is 3. The highest BCUT2D eigenvalue weighted by atomic mass is 32.2. The highest BCUT2D eigenvalue weighted by Crippen LogP contribution is 2.24. The molecule has 10 heteroatoms. The van der Waals surface area contributed by atoms with Gasteiger partial charge in [0, 0.05) is 38.3 Å². The van der Waals surface area contributed by atoms with Gasteiger partial charge in [0.05, 0.1) is 12.6 Å². The van der Waals surface area contributed by atoms with Crippen LogP contribution in [0.15, 0.2) is 6.33 Å². The van der Waals surface area contributed by atoms with Gasteiger partial charge >= 0.3 is 0 Å². The molecule has 1 rings (SSSR count). The number of ether oxygens (including phenoxy) is 1. The maximum absolute atomic E-state index is 12.0. The predicted molar refractivity (Wildman–Crippen MR) is 97.5 cm³/mol. The van der Waals surface area contributed by atoms with Crippen molar-refractivity contribution >= 4 is 23.6 Å². The average Bonchev–Trinajstić information content (AvgIpc) is 2.98. The van der Waals surface area contributed by atoms with Crippen LogP contribution < -0.4 is 11.1 Å². The number of nitrogens with two attached hydrogens (primary N) is 1. The molecular formula is C15H29N5O4S. The average molecular weight is 375 g/mol. The van der Waals surface area contributed by atoms with Crippen molar-refractivity contribution in [3.05, 3.63) is 12.2 Å². The van der Waals surface area contributed by atoms with Gasteiger partial charge in [-0.15, -0.1) is 10.2 Å². The number of carboxylic acid groups (broad SMARTS) is 1. The van der Waals surface area contributed by atoms with E-state index in [1.165, 1.54) is 0 Å². The van der Waals surface area contributed by atoms with E-state index in [0.29, 0.717) is 26.1 Å². The number of rotatable bonds is 9. The molecule has 0 aliphatic heterocycles. The molecule has 0 aliphatic rings. The molecular weight excluding hydrogens is 346 g/mol. The Morgan fingerprint density at radius 3 is 2.64 bits per heavy atom. The van der Waals surface area contributed by atoms with Crippen molar-refractivity contribution in [3.8, 4) is 0 Å². The molecule has 4 N–H and O–H groups in total. The van der Waals surface area contributed by atoms with E-state index >= 15 is 0 Å². The fourth-order valence-electron chi connectivity index (χ4n) is 1.70. The molecule has 0 aromatic carbocycles. The van der Waals surface area contributed by atoms with Gasteiger partial charge in [0.25, 0.3) is 5.97 Å². The van der Waals surface area contributed by atoms with Crippen LogP contribution in [0.5, 0.6) is 0 Å². The first-order chi connectivity index (χ1) is 11.7. The summed E-state index contributed by atoms with van der Waals surface area (Å²) in [7, 11) is 1.65. The third-order valence-electron chi connectivity index (χ3n) is 3.44. The molecule has 0 aliphatic carbocycles. The lowest BCUT2D eigenvalue weighted by molar-refractivity contribution is -0.134. The summed E-state index contributed by atoms with van der Waals surface area (Å²) < 4.78 is 6.66. The molecule has 0 spiro atoms. The Morgan fingerprint density at radius 2 is 2.12 bits per heavy atom. The van der Waals surface area contributed by atoms with Crippen LogP contribution in [0.4, 0.5) is 0 Å². The van der Waals surface area contributed by atoms with Gasteiger partial charge in [-0.1, -0.05) is 0 Å². The van der Waals surface area contributed by atoms with Crippen molar-refractivity contribution in [2.75, 3.05) is 26.5 Å². The number of carbonyl (C=O) groups is 2. The summed E-state index contributed by atoms with van der Waals surface area (Å²) in [6.45, 7) is 6.80. The Hall–Kier alpha value is -1.65. The van der Waals surface area contributed by atoms with E-state index in [9.17, 15) is 4.79 Å². The normalized spacial score (nSPS) is 12.1. The third-order valence-corrected chi connectivity index (χ3v) is 4.74. The van der Waals surface area contributed by atoms with Crippen molar-refractivity contribution in [1.29, 1.82) is 0 Å². The minimum Gasteiger partial charge on any atom is -0.481 e. The maximum atomic E-state index is 12.0. The lowest BCUT2D eigenvalue weighted by Crippen LogP contribution is -2.52. The zero-order valence-corrected chi connectivity index (χ0v) is 16.3. The molecule has 0 saturated carbocycles. The van der Waals surface area contributed by atoms with Crippen LogP contribution in [-0.4, -0.2) is 69.1 Å². The Balaban J connectivity index is 0.00000129. The smallest absolute Gasteiger partial charge is 0.300 e. The number of aromatic nitrogens is 3. The van der Waals surface area contributed by atoms with Gasteiger partial charge in [0.1, 0.15) is 12.2 Å². The summed E-state index contributed by atoms with van der Waals surface area (Å²) in [6.07, 6.45) is 4.23. The molecule has 1 atom stereocenters. The molecule has 25 heavy (non-hydrogen) atoms. The van der Waals surface area contributed by atoms with E-state index in [1.807, 2.05) is 24.7 Å². The second-order valence-corrected chi connectivity index (χ2v) is 7.24. The zero-order chi connectivity index (χ0) is 19.5. The molecule has 9 nitrogen and oxygen atoms in total. The second kappa shape index (κ2) is 11.8. The van der Waals surface area contributed by atoms with Crippen LogP contribution in [-0.2, 0) is 27.3 Å². The summed E-state index contributed by atoms with van der Waals surface area (Å²) in [5, 5.41) is 18.2. The van der Waals surface area contributed by atoms with E-state index < -0.39 is 12.0 Å². The molecule has 1 aromatic heterocycles. The molecule has 144 valence electrons. The number of nitrogens with zero attached hydrogens (tertiary/aromatic N) is 3. The Morgan fingerprint density at radius 1 is 1.52 bits per heavy atom. The second-order valence-electron chi connectivity index (χ2n) is 5.78. The standard InChI is InChI=1S/C13H25N5O2S.C2H4O2/c1-13(2,21-4)11(14)12(19)15-6-5-10-17-16-9-18(10)7-8-20-3;1-2(3)4/h9,11H,5-8,14H2,1-4H3,(H,15,19);1H3,(H,3,4)/t11-;/m1./s1. The fraction of sp³-hybridized carbons (Fsp3) is 0.733. The van der Waals surface area contributed by atoms with Gasteiger partial charge in [0.2, 0.25) is 5.91 Å².